The summed E-state index contributed by atoms with van der Waals surface area (Å²) in [7, 11) is 2.96. The minimum absolute atomic E-state index is 0.344. The average Bonchev–Trinajstić information content (AvgIpc) is 2.29. The summed E-state index contributed by atoms with van der Waals surface area (Å²) in [5.41, 5.74) is 3.05. The molecule has 0 fully saturated rings. The average molecular weight is 164 g/mol. The molecule has 1 aromatic rings. The third-order valence-corrected chi connectivity index (χ3v) is 3.15. The van der Waals surface area contributed by atoms with Crippen LogP contribution in [0.2, 0.25) is 0 Å². The first-order valence-corrected chi connectivity index (χ1v) is 4.65. The van der Waals surface area contributed by atoms with Crippen LogP contribution in [0.25, 0.3) is 0 Å². The summed E-state index contributed by atoms with van der Waals surface area (Å²) in [6.45, 7) is 2.30. The zero-order chi connectivity index (χ0) is 7.90. The van der Waals surface area contributed by atoms with Gasteiger partial charge in [-0.1, -0.05) is 31.2 Å². The van der Waals surface area contributed by atoms with Crippen molar-refractivity contribution >= 4 is 9.24 Å². The Labute approximate surface area is 70.2 Å². The third-order valence-electron chi connectivity index (χ3n) is 2.55. The maximum Gasteiger partial charge on any atom is 0.00752 e. The van der Waals surface area contributed by atoms with Crippen molar-refractivity contribution < 1.29 is 0 Å². The number of fused-ring (bicyclic) bond motifs is 1. The Morgan fingerprint density at radius 2 is 2.09 bits per heavy atom. The van der Waals surface area contributed by atoms with E-state index in [1.807, 2.05) is 0 Å². The maximum atomic E-state index is 2.96. The van der Waals surface area contributed by atoms with Crippen LogP contribution in [0.4, 0.5) is 0 Å². The van der Waals surface area contributed by atoms with Crippen LogP contribution in [-0.2, 0) is 11.6 Å². The van der Waals surface area contributed by atoms with Crippen LogP contribution in [0, 0.1) is 0 Å². The SMILES string of the molecule is CC1(P)CCc2ccccc21. The molecule has 2 rings (SSSR count). The summed E-state index contributed by atoms with van der Waals surface area (Å²) >= 11 is 0. The van der Waals surface area contributed by atoms with Crippen molar-refractivity contribution in [3.05, 3.63) is 35.4 Å². The first-order valence-electron chi connectivity index (χ1n) is 4.07. The van der Waals surface area contributed by atoms with E-state index in [4.69, 9.17) is 0 Å². The zero-order valence-corrected chi connectivity index (χ0v) is 7.96. The standard InChI is InChI=1S/C10H13P/c1-10(11)7-6-8-4-2-3-5-9(8)10/h2-5H,6-7,11H2,1H3. The fourth-order valence-electron chi connectivity index (χ4n) is 1.82. The van der Waals surface area contributed by atoms with Gasteiger partial charge in [-0.2, -0.15) is 0 Å². The van der Waals surface area contributed by atoms with Gasteiger partial charge in [-0.25, -0.2) is 0 Å². The van der Waals surface area contributed by atoms with Crippen LogP contribution in [-0.4, -0.2) is 0 Å². The molecule has 1 aliphatic rings. The molecule has 1 aromatic carbocycles. The molecule has 0 spiro atoms. The van der Waals surface area contributed by atoms with Crippen molar-refractivity contribution in [3.8, 4) is 0 Å². The lowest BCUT2D eigenvalue weighted by atomic mass is 10.0. The van der Waals surface area contributed by atoms with Crippen molar-refractivity contribution in [2.24, 2.45) is 0 Å². The van der Waals surface area contributed by atoms with Gasteiger partial charge in [-0.15, -0.1) is 9.24 Å². The van der Waals surface area contributed by atoms with Gasteiger partial charge in [0.1, 0.15) is 0 Å². The van der Waals surface area contributed by atoms with Gasteiger partial charge in [-0.05, 0) is 24.0 Å². The van der Waals surface area contributed by atoms with Gasteiger partial charge in [0.15, 0.2) is 0 Å². The Morgan fingerprint density at radius 3 is 2.82 bits per heavy atom. The van der Waals surface area contributed by atoms with E-state index < -0.39 is 0 Å². The first-order chi connectivity index (χ1) is 5.20. The molecule has 0 saturated carbocycles. The van der Waals surface area contributed by atoms with E-state index in [2.05, 4.69) is 40.4 Å². The minimum Gasteiger partial charge on any atom is -0.127 e. The minimum atomic E-state index is 0.344. The normalized spacial score (nSPS) is 28.5. The van der Waals surface area contributed by atoms with E-state index in [0.717, 1.165) is 0 Å². The Balaban J connectivity index is 2.56. The molecule has 0 aliphatic heterocycles. The molecule has 0 aromatic heterocycles. The van der Waals surface area contributed by atoms with Gasteiger partial charge in [0.2, 0.25) is 0 Å². The van der Waals surface area contributed by atoms with Gasteiger partial charge in [0.25, 0.3) is 0 Å². The topological polar surface area (TPSA) is 0 Å². The summed E-state index contributed by atoms with van der Waals surface area (Å²) in [6, 6.07) is 8.75. The maximum absolute atomic E-state index is 2.96. The highest BCUT2D eigenvalue weighted by Crippen LogP contribution is 2.43. The van der Waals surface area contributed by atoms with Crippen LogP contribution < -0.4 is 0 Å². The van der Waals surface area contributed by atoms with Crippen molar-refractivity contribution in [2.45, 2.75) is 24.9 Å². The van der Waals surface area contributed by atoms with Crippen molar-refractivity contribution in [2.75, 3.05) is 0 Å². The molecular formula is C10H13P. The van der Waals surface area contributed by atoms with Crippen LogP contribution in [0.15, 0.2) is 24.3 Å². The highest BCUT2D eigenvalue weighted by atomic mass is 31.0. The lowest BCUT2D eigenvalue weighted by Crippen LogP contribution is -2.06. The summed E-state index contributed by atoms with van der Waals surface area (Å²) in [4.78, 5) is 0. The van der Waals surface area contributed by atoms with Gasteiger partial charge in [-0.3, -0.25) is 0 Å². The summed E-state index contributed by atoms with van der Waals surface area (Å²) in [5, 5.41) is 0.344. The smallest absolute Gasteiger partial charge is 0.00752 e. The van der Waals surface area contributed by atoms with E-state index in [0.29, 0.717) is 5.16 Å². The highest BCUT2D eigenvalue weighted by molar-refractivity contribution is 7.18. The Morgan fingerprint density at radius 1 is 1.36 bits per heavy atom. The zero-order valence-electron chi connectivity index (χ0n) is 6.80. The van der Waals surface area contributed by atoms with Gasteiger partial charge in [0.05, 0.1) is 0 Å². The van der Waals surface area contributed by atoms with Crippen molar-refractivity contribution in [1.29, 1.82) is 0 Å². The number of benzene rings is 1. The summed E-state index contributed by atoms with van der Waals surface area (Å²) < 4.78 is 0. The molecule has 58 valence electrons. The fraction of sp³-hybridized carbons (Fsp3) is 0.400. The number of rotatable bonds is 0. The van der Waals surface area contributed by atoms with Gasteiger partial charge >= 0.3 is 0 Å². The first kappa shape index (κ1) is 7.31. The highest BCUT2D eigenvalue weighted by Gasteiger charge is 2.28. The predicted molar refractivity (Wildman–Crippen MR) is 51.8 cm³/mol. The van der Waals surface area contributed by atoms with E-state index in [1.165, 1.54) is 24.0 Å². The molecule has 2 atom stereocenters. The molecule has 0 nitrogen and oxygen atoms in total. The molecule has 11 heavy (non-hydrogen) atoms. The van der Waals surface area contributed by atoms with E-state index in [9.17, 15) is 0 Å². The Hall–Kier alpha value is -0.350. The molecule has 0 saturated heterocycles. The van der Waals surface area contributed by atoms with E-state index in [1.54, 1.807) is 0 Å². The van der Waals surface area contributed by atoms with E-state index >= 15 is 0 Å². The Kier molecular flexibility index (Phi) is 1.54. The molecule has 1 aliphatic carbocycles. The number of aryl methyl sites for hydroxylation is 1. The van der Waals surface area contributed by atoms with Crippen LogP contribution in [0.1, 0.15) is 24.5 Å². The molecule has 2 unspecified atom stereocenters. The summed E-state index contributed by atoms with van der Waals surface area (Å²) in [6.07, 6.45) is 2.52. The van der Waals surface area contributed by atoms with Crippen LogP contribution in [0.3, 0.4) is 0 Å². The second kappa shape index (κ2) is 2.32. The van der Waals surface area contributed by atoms with Crippen molar-refractivity contribution in [1.82, 2.24) is 0 Å². The Bertz CT molecular complexity index is 276. The number of hydrogen-bond donors (Lipinski definition) is 0. The van der Waals surface area contributed by atoms with Crippen molar-refractivity contribution in [3.63, 3.8) is 0 Å². The van der Waals surface area contributed by atoms with Crippen LogP contribution in [0.5, 0.6) is 0 Å². The molecular weight excluding hydrogens is 151 g/mol. The largest absolute Gasteiger partial charge is 0.127 e. The van der Waals surface area contributed by atoms with Crippen LogP contribution >= 0.6 is 9.24 Å². The lowest BCUT2D eigenvalue weighted by molar-refractivity contribution is 0.681. The lowest BCUT2D eigenvalue weighted by Gasteiger charge is -2.17. The second-order valence-electron chi connectivity index (χ2n) is 3.57. The molecule has 1 heteroatoms. The second-order valence-corrected chi connectivity index (χ2v) is 4.85. The summed E-state index contributed by atoms with van der Waals surface area (Å²) in [5.74, 6) is 0. The monoisotopic (exact) mass is 164 g/mol. The molecule has 0 radical (unpaired) electrons. The molecule has 0 N–H and O–H groups in total. The quantitative estimate of drug-likeness (QED) is 0.517. The van der Waals surface area contributed by atoms with Gasteiger partial charge in [0, 0.05) is 5.16 Å². The van der Waals surface area contributed by atoms with Gasteiger partial charge < -0.3 is 0 Å². The van der Waals surface area contributed by atoms with E-state index in [-0.39, 0.29) is 0 Å². The molecule has 0 heterocycles. The fourth-order valence-corrected chi connectivity index (χ4v) is 2.25. The molecule has 0 amide bonds. The predicted octanol–water partition coefficient (Wildman–Crippen LogP) is 2.72. The molecule has 0 bridgehead atoms. The third kappa shape index (κ3) is 1.10. The number of hydrogen-bond acceptors (Lipinski definition) is 0.